The molecule has 298 valence electrons. The molecule has 57 heavy (non-hydrogen) atoms. The molecule has 2 aliphatic heterocycles. The van der Waals surface area contributed by atoms with Crippen LogP contribution in [-0.2, 0) is 20.0 Å². The summed E-state index contributed by atoms with van der Waals surface area (Å²) in [5.41, 5.74) is 5.25. The number of aryl methyl sites for hydroxylation is 1. The Morgan fingerprint density at radius 2 is 0.965 bits per heavy atom. The molecule has 0 bridgehead atoms. The van der Waals surface area contributed by atoms with Crippen molar-refractivity contribution < 1.29 is 16.8 Å². The molecule has 2 fully saturated rings. The number of sulfonamides is 2. The number of piperazine rings is 2. The molecule has 2 aromatic heterocycles. The van der Waals surface area contributed by atoms with E-state index in [1.807, 2.05) is 53.2 Å². The molecule has 0 unspecified atom stereocenters. The van der Waals surface area contributed by atoms with E-state index in [1.54, 1.807) is 46.9 Å². The van der Waals surface area contributed by atoms with Crippen LogP contribution in [0.25, 0.3) is 22.5 Å². The number of benzene rings is 4. The largest absolute Gasteiger partial charge is 0.345 e. The average Bonchev–Trinajstić information content (AvgIpc) is 3.92. The molecule has 4 aromatic carbocycles. The fourth-order valence-corrected chi connectivity index (χ4v) is 12.5. The molecule has 0 saturated carbocycles. The van der Waals surface area contributed by atoms with Gasteiger partial charge in [-0.3, -0.25) is 0 Å². The molecule has 6 aromatic rings. The van der Waals surface area contributed by atoms with E-state index in [4.69, 9.17) is 56.4 Å². The van der Waals surface area contributed by atoms with Gasteiger partial charge >= 0.3 is 0 Å². The second-order valence-corrected chi connectivity index (χ2v) is 20.2. The highest BCUT2D eigenvalue weighted by molar-refractivity contribution is 7.89. The predicted octanol–water partition coefficient (Wildman–Crippen LogP) is 9.56. The Labute approximate surface area is 360 Å². The van der Waals surface area contributed by atoms with E-state index in [2.05, 4.69) is 28.9 Å². The van der Waals surface area contributed by atoms with Crippen molar-refractivity contribution in [2.45, 2.75) is 16.7 Å². The molecule has 2 saturated heterocycles. The first-order valence-electron chi connectivity index (χ1n) is 17.8. The summed E-state index contributed by atoms with van der Waals surface area (Å²) in [5.74, 6) is 0. The van der Waals surface area contributed by atoms with Gasteiger partial charge < -0.3 is 9.80 Å². The molecule has 0 N–H and O–H groups in total. The van der Waals surface area contributed by atoms with Crippen molar-refractivity contribution in [1.82, 2.24) is 18.6 Å². The van der Waals surface area contributed by atoms with Crippen molar-refractivity contribution >= 4 is 99.4 Å². The Balaban J connectivity index is 0.000000174. The van der Waals surface area contributed by atoms with Crippen molar-refractivity contribution in [1.29, 1.82) is 0 Å². The van der Waals surface area contributed by atoms with Crippen LogP contribution in [-0.4, -0.2) is 87.8 Å². The van der Waals surface area contributed by atoms with Gasteiger partial charge in [0.2, 0.25) is 20.0 Å². The second-order valence-electron chi connectivity index (χ2n) is 13.1. The van der Waals surface area contributed by atoms with Crippen LogP contribution >= 0.6 is 69.1 Å². The van der Waals surface area contributed by atoms with Crippen LogP contribution < -0.4 is 9.80 Å². The first kappa shape index (κ1) is 41.9. The SMILES string of the molecule is Cc1ccccc1-c1csc(N2CCN(S(=O)(=O)c3cccc(Cl)c3Cl)CC2)n1.O=S(=O)(c1cccc(Cl)c1Cl)N1CCN(c2nc(-c3ccccc3)cs2)CC1. The zero-order chi connectivity index (χ0) is 40.3. The minimum Gasteiger partial charge on any atom is -0.345 e. The lowest BCUT2D eigenvalue weighted by Gasteiger charge is -2.34. The van der Waals surface area contributed by atoms with Gasteiger partial charge in [-0.05, 0) is 36.8 Å². The van der Waals surface area contributed by atoms with E-state index in [-0.39, 0.29) is 29.9 Å². The number of thiazole rings is 2. The van der Waals surface area contributed by atoms with Crippen molar-refractivity contribution in [2.24, 2.45) is 0 Å². The summed E-state index contributed by atoms with van der Waals surface area (Å²) >= 11 is 27.4. The van der Waals surface area contributed by atoms with Gasteiger partial charge in [0.25, 0.3) is 0 Å². The van der Waals surface area contributed by atoms with Crippen LogP contribution in [0, 0.1) is 6.92 Å². The van der Waals surface area contributed by atoms with Gasteiger partial charge in [0.1, 0.15) is 9.79 Å². The number of rotatable bonds is 8. The molecule has 0 spiro atoms. The van der Waals surface area contributed by atoms with Crippen molar-refractivity contribution in [3.05, 3.63) is 127 Å². The third-order valence-electron chi connectivity index (χ3n) is 9.56. The number of anilines is 2. The van der Waals surface area contributed by atoms with Crippen LogP contribution in [0.3, 0.4) is 0 Å². The zero-order valence-electron chi connectivity index (χ0n) is 30.4. The zero-order valence-corrected chi connectivity index (χ0v) is 36.7. The maximum atomic E-state index is 13.0. The normalized spacial score (nSPS) is 15.7. The fourth-order valence-electron chi connectivity index (χ4n) is 6.43. The summed E-state index contributed by atoms with van der Waals surface area (Å²) in [5, 5.41) is 6.48. The molecule has 0 aliphatic carbocycles. The summed E-state index contributed by atoms with van der Waals surface area (Å²) < 4.78 is 54.8. The van der Waals surface area contributed by atoms with E-state index in [0.717, 1.165) is 32.8 Å². The van der Waals surface area contributed by atoms with E-state index < -0.39 is 20.0 Å². The van der Waals surface area contributed by atoms with E-state index in [1.165, 1.54) is 26.3 Å². The summed E-state index contributed by atoms with van der Waals surface area (Å²) in [6, 6.07) is 27.5. The number of nitrogens with zero attached hydrogens (tertiary/aromatic N) is 6. The minimum absolute atomic E-state index is 0.0516. The Kier molecular flexibility index (Phi) is 13.2. The number of aromatic nitrogens is 2. The van der Waals surface area contributed by atoms with E-state index in [0.29, 0.717) is 52.4 Å². The highest BCUT2D eigenvalue weighted by Crippen LogP contribution is 2.35. The fraction of sp³-hybridized carbons (Fsp3) is 0.231. The standard InChI is InChI=1S/C20H19Cl2N3O2S2.C19H17Cl2N3O2S2/c1-14-5-2-3-6-15(14)17-13-28-20(23-17)24-9-11-25(12-10-24)29(26,27)18-8-4-7-16(21)19(18)22;20-15-7-4-8-17(18(15)21)28(25,26)24-11-9-23(10-12-24)19-22-16(13-27-19)14-5-2-1-3-6-14/h2-8,13H,9-12H2,1H3;1-8,13H,9-12H2. The van der Waals surface area contributed by atoms with Crippen molar-refractivity contribution in [3.63, 3.8) is 0 Å². The molecule has 4 heterocycles. The quantitative estimate of drug-likeness (QED) is 0.149. The summed E-state index contributed by atoms with van der Waals surface area (Å²) in [7, 11) is -7.38. The van der Waals surface area contributed by atoms with Crippen LogP contribution in [0.5, 0.6) is 0 Å². The van der Waals surface area contributed by atoms with Crippen LogP contribution in [0.4, 0.5) is 10.3 Å². The van der Waals surface area contributed by atoms with Crippen molar-refractivity contribution in [2.75, 3.05) is 62.2 Å². The van der Waals surface area contributed by atoms with Gasteiger partial charge in [0.05, 0.1) is 31.5 Å². The van der Waals surface area contributed by atoms with E-state index >= 15 is 0 Å². The molecular formula is C39H36Cl4N6O4S4. The van der Waals surface area contributed by atoms with Gasteiger partial charge in [-0.15, -0.1) is 22.7 Å². The summed E-state index contributed by atoms with van der Waals surface area (Å²) in [4.78, 5) is 13.8. The lowest BCUT2D eigenvalue weighted by molar-refractivity contribution is 0.384. The third-order valence-corrected chi connectivity index (χ3v) is 17.1. The Bertz CT molecular complexity index is 2580. The molecule has 0 atom stereocenters. The van der Waals surface area contributed by atoms with Gasteiger partial charge in [-0.25, -0.2) is 26.8 Å². The molecule has 0 radical (unpaired) electrons. The number of hydrogen-bond acceptors (Lipinski definition) is 10. The molecule has 0 amide bonds. The van der Waals surface area contributed by atoms with Crippen LogP contribution in [0.15, 0.2) is 112 Å². The van der Waals surface area contributed by atoms with Crippen LogP contribution in [0.1, 0.15) is 5.56 Å². The van der Waals surface area contributed by atoms with Gasteiger partial charge in [-0.1, -0.05) is 113 Å². The first-order valence-corrected chi connectivity index (χ1v) is 23.9. The third kappa shape index (κ3) is 9.15. The van der Waals surface area contributed by atoms with Gasteiger partial charge in [-0.2, -0.15) is 8.61 Å². The monoisotopic (exact) mass is 920 g/mol. The highest BCUT2D eigenvalue weighted by atomic mass is 35.5. The number of hydrogen-bond donors (Lipinski definition) is 0. The number of halogens is 4. The predicted molar refractivity (Wildman–Crippen MR) is 235 cm³/mol. The van der Waals surface area contributed by atoms with Gasteiger partial charge in [0, 0.05) is 74.2 Å². The van der Waals surface area contributed by atoms with E-state index in [9.17, 15) is 16.8 Å². The summed E-state index contributed by atoms with van der Waals surface area (Å²) in [6.45, 7) is 5.80. The van der Waals surface area contributed by atoms with Gasteiger partial charge in [0.15, 0.2) is 10.3 Å². The second kappa shape index (κ2) is 17.9. The smallest absolute Gasteiger partial charge is 0.244 e. The van der Waals surface area contributed by atoms with Crippen LogP contribution in [0.2, 0.25) is 20.1 Å². The molecule has 8 rings (SSSR count). The molecule has 2 aliphatic rings. The maximum Gasteiger partial charge on any atom is 0.244 e. The molecule has 18 heteroatoms. The minimum atomic E-state index is -3.69. The molecular weight excluding hydrogens is 887 g/mol. The lowest BCUT2D eigenvalue weighted by atomic mass is 10.1. The van der Waals surface area contributed by atoms with Crippen molar-refractivity contribution in [3.8, 4) is 22.5 Å². The Morgan fingerprint density at radius 1 is 0.526 bits per heavy atom. The highest BCUT2D eigenvalue weighted by Gasteiger charge is 2.33. The topological polar surface area (TPSA) is 107 Å². The maximum absolute atomic E-state index is 13.0. The Hall–Kier alpha value is -3.28. The molecule has 10 nitrogen and oxygen atoms in total. The Morgan fingerprint density at radius 3 is 1.46 bits per heavy atom. The lowest BCUT2D eigenvalue weighted by Crippen LogP contribution is -2.48. The first-order chi connectivity index (χ1) is 27.3. The summed E-state index contributed by atoms with van der Waals surface area (Å²) in [6.07, 6.45) is 0. The average molecular weight is 923 g/mol.